The Balaban J connectivity index is 1.48. The third kappa shape index (κ3) is 4.01. The van der Waals surface area contributed by atoms with Crippen molar-refractivity contribution in [1.82, 2.24) is 19.3 Å². The average molecular weight is 493 g/mol. The molecule has 2 atom stereocenters. The average Bonchev–Trinajstić information content (AvgIpc) is 2.87. The fraction of sp³-hybridized carbons (Fsp3) is 0.481. The monoisotopic (exact) mass is 492 g/mol. The van der Waals surface area contributed by atoms with Crippen molar-refractivity contribution in [2.75, 3.05) is 40.3 Å². The highest BCUT2D eigenvalue weighted by molar-refractivity contribution is 6.19. The predicted molar refractivity (Wildman–Crippen MR) is 133 cm³/mol. The Labute approximate surface area is 210 Å². The van der Waals surface area contributed by atoms with Crippen molar-refractivity contribution in [3.63, 3.8) is 0 Å². The van der Waals surface area contributed by atoms with Crippen LogP contribution in [0.2, 0.25) is 0 Å². The van der Waals surface area contributed by atoms with Crippen molar-refractivity contribution < 1.29 is 19.1 Å². The zero-order valence-electron chi connectivity index (χ0n) is 21.0. The van der Waals surface area contributed by atoms with E-state index in [4.69, 9.17) is 4.74 Å². The zero-order valence-corrected chi connectivity index (χ0v) is 21.0. The van der Waals surface area contributed by atoms with E-state index >= 15 is 0 Å². The number of imide groups is 2. The van der Waals surface area contributed by atoms with Gasteiger partial charge in [0.1, 0.15) is 11.2 Å². The summed E-state index contributed by atoms with van der Waals surface area (Å²) in [5, 5.41) is 0. The van der Waals surface area contributed by atoms with E-state index in [1.165, 1.54) is 14.1 Å². The van der Waals surface area contributed by atoms with E-state index in [1.54, 1.807) is 12.1 Å². The summed E-state index contributed by atoms with van der Waals surface area (Å²) in [6.07, 6.45) is 1.16. The topological polar surface area (TPSA) is 92.2 Å². The number of carbonyl (C=O) groups excluding carboxylic acids is 3. The van der Waals surface area contributed by atoms with Crippen molar-refractivity contribution in [2.24, 2.45) is 11.3 Å². The molecule has 0 aliphatic carbocycles. The number of pyridine rings is 1. The summed E-state index contributed by atoms with van der Waals surface area (Å²) < 4.78 is 7.40. The number of barbiturate groups is 1. The molecular weight excluding hydrogens is 460 g/mol. The maximum Gasteiger partial charge on any atom is 0.332 e. The van der Waals surface area contributed by atoms with Crippen LogP contribution >= 0.6 is 0 Å². The molecule has 2 bridgehead atoms. The fourth-order valence-corrected chi connectivity index (χ4v) is 6.20. The molecule has 2 fully saturated rings. The van der Waals surface area contributed by atoms with Gasteiger partial charge in [-0.05, 0) is 49.4 Å². The van der Waals surface area contributed by atoms with Crippen LogP contribution in [0.1, 0.15) is 30.5 Å². The minimum Gasteiger partial charge on any atom is -0.494 e. The van der Waals surface area contributed by atoms with Gasteiger partial charge >= 0.3 is 6.03 Å². The fourth-order valence-electron chi connectivity index (χ4n) is 6.20. The molecule has 0 unspecified atom stereocenters. The lowest BCUT2D eigenvalue weighted by Crippen LogP contribution is -2.67. The van der Waals surface area contributed by atoms with Crippen molar-refractivity contribution in [2.45, 2.75) is 32.2 Å². The van der Waals surface area contributed by atoms with Gasteiger partial charge < -0.3 is 14.2 Å². The third-order valence-corrected chi connectivity index (χ3v) is 7.79. The Bertz CT molecular complexity index is 1230. The molecule has 9 heteroatoms. The Morgan fingerprint density at radius 2 is 1.61 bits per heavy atom. The highest BCUT2D eigenvalue weighted by Crippen LogP contribution is 2.39. The van der Waals surface area contributed by atoms with E-state index < -0.39 is 23.3 Å². The normalized spacial score (nSPS) is 23.6. The Morgan fingerprint density at radius 3 is 2.28 bits per heavy atom. The Kier molecular flexibility index (Phi) is 6.20. The number of rotatable bonds is 6. The summed E-state index contributed by atoms with van der Waals surface area (Å²) in [6.45, 7) is 4.63. The van der Waals surface area contributed by atoms with Gasteiger partial charge in [0.15, 0.2) is 0 Å². The van der Waals surface area contributed by atoms with E-state index in [-0.39, 0.29) is 30.4 Å². The van der Waals surface area contributed by atoms with Crippen LogP contribution in [0, 0.1) is 11.3 Å². The number of benzene rings is 1. The second-order valence-corrected chi connectivity index (χ2v) is 10.2. The molecular formula is C27H32N4O5. The highest BCUT2D eigenvalue weighted by atomic mass is 16.5. The molecule has 4 amide bonds. The molecule has 0 N–H and O–H groups in total. The minimum absolute atomic E-state index is 0.0158. The van der Waals surface area contributed by atoms with E-state index in [0.29, 0.717) is 26.2 Å². The van der Waals surface area contributed by atoms with Gasteiger partial charge in [0.25, 0.3) is 5.56 Å². The van der Waals surface area contributed by atoms with Crippen LogP contribution in [0.25, 0.3) is 0 Å². The zero-order chi connectivity index (χ0) is 25.6. The molecule has 1 aromatic carbocycles. The number of nitrogens with zero attached hydrogens (tertiary/aromatic N) is 4. The Morgan fingerprint density at radius 1 is 0.917 bits per heavy atom. The number of likely N-dealkylation sites (tertiary alicyclic amines) is 1. The van der Waals surface area contributed by atoms with Gasteiger partial charge in [-0.25, -0.2) is 4.79 Å². The second-order valence-electron chi connectivity index (χ2n) is 10.2. The lowest BCUT2D eigenvalue weighted by molar-refractivity contribution is -0.159. The van der Waals surface area contributed by atoms with Crippen molar-refractivity contribution >= 4 is 17.8 Å². The smallest absolute Gasteiger partial charge is 0.332 e. The van der Waals surface area contributed by atoms with Gasteiger partial charge in [-0.1, -0.05) is 18.2 Å². The predicted octanol–water partition coefficient (Wildman–Crippen LogP) is 1.95. The molecule has 0 radical (unpaired) electrons. The van der Waals surface area contributed by atoms with Gasteiger partial charge in [0.2, 0.25) is 11.8 Å². The number of hydrogen-bond acceptors (Lipinski definition) is 6. The maximum atomic E-state index is 13.7. The number of fused-ring (bicyclic) bond motifs is 4. The largest absolute Gasteiger partial charge is 0.494 e. The van der Waals surface area contributed by atoms with Crippen LogP contribution in [0.5, 0.6) is 5.75 Å². The molecule has 3 aliphatic heterocycles. The third-order valence-electron chi connectivity index (χ3n) is 7.79. The molecule has 9 nitrogen and oxygen atoms in total. The Hall–Kier alpha value is -3.46. The van der Waals surface area contributed by atoms with Crippen LogP contribution < -0.4 is 10.3 Å². The maximum absolute atomic E-state index is 13.7. The van der Waals surface area contributed by atoms with Crippen LogP contribution in [-0.4, -0.2) is 77.4 Å². The molecule has 1 aromatic heterocycles. The quantitative estimate of drug-likeness (QED) is 0.573. The van der Waals surface area contributed by atoms with E-state index in [1.807, 2.05) is 41.8 Å². The number of amides is 4. The summed E-state index contributed by atoms with van der Waals surface area (Å²) in [5.74, 6) is 0.178. The highest BCUT2D eigenvalue weighted by Gasteiger charge is 2.56. The van der Waals surface area contributed by atoms with E-state index in [0.717, 1.165) is 33.2 Å². The molecule has 2 aromatic rings. The minimum atomic E-state index is -1.42. The number of carbonyl (C=O) groups is 3. The van der Waals surface area contributed by atoms with Crippen LogP contribution in [0.15, 0.2) is 47.3 Å². The van der Waals surface area contributed by atoms with Crippen LogP contribution in [0.3, 0.4) is 0 Å². The van der Waals surface area contributed by atoms with Gasteiger partial charge in [0.05, 0.1) is 6.61 Å². The SMILES string of the molecule is CCOc1ccc(CC2(CN3C[C@@H]4C[C@@H](C3)c3cccc(=O)n3C4)C(=O)N(C)C(=O)N(C)C2=O)cc1. The first-order valence-electron chi connectivity index (χ1n) is 12.5. The number of urea groups is 1. The van der Waals surface area contributed by atoms with Gasteiger partial charge in [-0.2, -0.15) is 0 Å². The number of piperidine rings is 1. The molecule has 2 saturated heterocycles. The first-order valence-corrected chi connectivity index (χ1v) is 12.5. The first-order chi connectivity index (χ1) is 17.2. The molecule has 0 spiro atoms. The van der Waals surface area contributed by atoms with Gasteiger partial charge in [0, 0.05) is 58.0 Å². The number of ether oxygens (including phenoxy) is 1. The summed E-state index contributed by atoms with van der Waals surface area (Å²) in [6, 6.07) is 12.2. The van der Waals surface area contributed by atoms with Crippen molar-refractivity contribution in [1.29, 1.82) is 0 Å². The summed E-state index contributed by atoms with van der Waals surface area (Å²) in [4.78, 5) is 56.7. The lowest BCUT2D eigenvalue weighted by atomic mass is 9.75. The van der Waals surface area contributed by atoms with E-state index in [2.05, 4.69) is 4.90 Å². The molecule has 5 rings (SSSR count). The second kappa shape index (κ2) is 9.20. The standard InChI is InChI=1S/C27H32N4O5/c1-4-36-21-10-8-18(9-11-21)13-27(24(33)28(2)26(35)29(3)25(27)34)17-30-14-19-12-20(16-30)22-6-5-7-23(32)31(22)15-19/h5-11,19-20H,4,12-17H2,1-3H3/t19-,20-/m0/s1. The van der Waals surface area contributed by atoms with Crippen LogP contribution in [0.4, 0.5) is 4.79 Å². The van der Waals surface area contributed by atoms with Crippen LogP contribution in [-0.2, 0) is 22.6 Å². The molecule has 36 heavy (non-hydrogen) atoms. The molecule has 0 saturated carbocycles. The number of hydrogen-bond donors (Lipinski definition) is 0. The van der Waals surface area contributed by atoms with Gasteiger partial charge in [-0.3, -0.25) is 24.2 Å². The van der Waals surface area contributed by atoms with E-state index in [9.17, 15) is 19.2 Å². The number of aromatic nitrogens is 1. The first kappa shape index (κ1) is 24.2. The lowest BCUT2D eigenvalue weighted by Gasteiger charge is -2.48. The van der Waals surface area contributed by atoms with Gasteiger partial charge in [-0.15, -0.1) is 0 Å². The summed E-state index contributed by atoms with van der Waals surface area (Å²) in [5.41, 5.74) is 0.425. The van der Waals surface area contributed by atoms with Crippen molar-refractivity contribution in [3.8, 4) is 5.75 Å². The summed E-state index contributed by atoms with van der Waals surface area (Å²) in [7, 11) is 2.88. The van der Waals surface area contributed by atoms with Crippen molar-refractivity contribution in [3.05, 3.63) is 64.1 Å². The molecule has 3 aliphatic rings. The summed E-state index contributed by atoms with van der Waals surface area (Å²) >= 11 is 0. The molecule has 4 heterocycles. The molecule has 190 valence electrons.